The van der Waals surface area contributed by atoms with E-state index >= 15 is 0 Å². The maximum Gasteiger partial charge on any atom is 0.118 e. The minimum atomic E-state index is -0.676. The lowest BCUT2D eigenvalue weighted by Crippen LogP contribution is -2.36. The van der Waals surface area contributed by atoms with Gasteiger partial charge in [-0.1, -0.05) is 48.5 Å². The average molecular weight is 394 g/mol. The molecule has 0 amide bonds. The van der Waals surface area contributed by atoms with Gasteiger partial charge in [0.1, 0.15) is 18.0 Å². The normalized spacial score (nSPS) is 11.5. The molecular formula is C24H29NO2P+. The van der Waals surface area contributed by atoms with Crippen molar-refractivity contribution < 1.29 is 14.0 Å². The van der Waals surface area contributed by atoms with Crippen molar-refractivity contribution in [2.75, 3.05) is 35.4 Å². The van der Waals surface area contributed by atoms with Gasteiger partial charge in [0.25, 0.3) is 0 Å². The maximum atomic E-state index is 5.37. The Bertz CT molecular complexity index is 852. The number of methoxy groups -OCH3 is 2. The van der Waals surface area contributed by atoms with Gasteiger partial charge >= 0.3 is 0 Å². The molecule has 0 radical (unpaired) electrons. The molecule has 0 fully saturated rings. The van der Waals surface area contributed by atoms with Crippen LogP contribution in [0.4, 0.5) is 0 Å². The SMILES string of the molecule is COc1ccc(P(c2ccc(OC)cc2)c2ccccc2C[N+](C)(C)C)cc1. The highest BCUT2D eigenvalue weighted by atomic mass is 31.1. The van der Waals surface area contributed by atoms with Gasteiger partial charge in [0, 0.05) is 5.56 Å². The van der Waals surface area contributed by atoms with E-state index in [4.69, 9.17) is 9.47 Å². The fourth-order valence-electron chi connectivity index (χ4n) is 3.26. The van der Waals surface area contributed by atoms with Crippen LogP contribution in [0.2, 0.25) is 0 Å². The molecule has 0 aliphatic heterocycles. The largest absolute Gasteiger partial charge is 0.497 e. The molecule has 3 aromatic rings. The minimum Gasteiger partial charge on any atom is -0.497 e. The molecule has 3 aromatic carbocycles. The summed E-state index contributed by atoms with van der Waals surface area (Å²) in [7, 11) is 9.44. The molecule has 0 bridgehead atoms. The van der Waals surface area contributed by atoms with Crippen molar-refractivity contribution in [2.45, 2.75) is 6.54 Å². The summed E-state index contributed by atoms with van der Waals surface area (Å²) in [5.74, 6) is 1.76. The van der Waals surface area contributed by atoms with E-state index in [0.717, 1.165) is 22.5 Å². The van der Waals surface area contributed by atoms with E-state index in [-0.39, 0.29) is 0 Å². The highest BCUT2D eigenvalue weighted by molar-refractivity contribution is 7.79. The van der Waals surface area contributed by atoms with Crippen molar-refractivity contribution in [1.29, 1.82) is 0 Å². The number of hydrogen-bond acceptors (Lipinski definition) is 2. The molecular weight excluding hydrogens is 365 g/mol. The first kappa shape index (κ1) is 20.4. The molecule has 0 spiro atoms. The molecule has 0 aromatic heterocycles. The van der Waals surface area contributed by atoms with E-state index in [9.17, 15) is 0 Å². The summed E-state index contributed by atoms with van der Waals surface area (Å²) >= 11 is 0. The zero-order chi connectivity index (χ0) is 20.1. The Balaban J connectivity index is 2.13. The Morgan fingerprint density at radius 1 is 0.679 bits per heavy atom. The number of benzene rings is 3. The smallest absolute Gasteiger partial charge is 0.118 e. The third-order valence-electron chi connectivity index (χ3n) is 4.54. The molecule has 0 N–H and O–H groups in total. The lowest BCUT2D eigenvalue weighted by molar-refractivity contribution is -0.883. The minimum absolute atomic E-state index is 0.676. The Morgan fingerprint density at radius 2 is 1.14 bits per heavy atom. The lowest BCUT2D eigenvalue weighted by Gasteiger charge is -2.28. The van der Waals surface area contributed by atoms with Crippen molar-refractivity contribution in [3.8, 4) is 11.5 Å². The third-order valence-corrected chi connectivity index (χ3v) is 7.09. The van der Waals surface area contributed by atoms with Crippen molar-refractivity contribution in [3.05, 3.63) is 78.4 Å². The predicted octanol–water partition coefficient (Wildman–Crippen LogP) is 3.67. The average Bonchev–Trinajstić information content (AvgIpc) is 2.69. The zero-order valence-corrected chi connectivity index (χ0v) is 18.2. The van der Waals surface area contributed by atoms with E-state index in [0.29, 0.717) is 0 Å². The Labute approximate surface area is 169 Å². The van der Waals surface area contributed by atoms with Crippen LogP contribution in [0.1, 0.15) is 5.56 Å². The molecule has 28 heavy (non-hydrogen) atoms. The topological polar surface area (TPSA) is 18.5 Å². The quantitative estimate of drug-likeness (QED) is 0.450. The van der Waals surface area contributed by atoms with Crippen LogP contribution in [0.25, 0.3) is 0 Å². The second-order valence-corrected chi connectivity index (χ2v) is 9.99. The number of nitrogens with zero attached hydrogens (tertiary/aromatic N) is 1. The highest BCUT2D eigenvalue weighted by Crippen LogP contribution is 2.35. The fraction of sp³-hybridized carbons (Fsp3) is 0.250. The molecule has 146 valence electrons. The standard InChI is InChI=1S/C24H29NO2P/c1-25(2,3)18-19-8-6-7-9-24(19)28(22-14-10-20(26-4)11-15-22)23-16-12-21(27-5)13-17-23/h6-17H,18H2,1-5H3/q+1. The number of ether oxygens (including phenoxy) is 2. The second-order valence-electron chi connectivity index (χ2n) is 7.81. The van der Waals surface area contributed by atoms with Gasteiger partial charge in [-0.3, -0.25) is 0 Å². The van der Waals surface area contributed by atoms with E-state index < -0.39 is 7.92 Å². The summed E-state index contributed by atoms with van der Waals surface area (Å²) in [6.07, 6.45) is 0. The van der Waals surface area contributed by atoms with Gasteiger partial charge in [0.05, 0.1) is 35.4 Å². The van der Waals surface area contributed by atoms with Crippen molar-refractivity contribution >= 4 is 23.8 Å². The van der Waals surface area contributed by atoms with Gasteiger partial charge in [0.15, 0.2) is 0 Å². The summed E-state index contributed by atoms with van der Waals surface area (Å²) in [5.41, 5.74) is 1.40. The maximum absolute atomic E-state index is 5.37. The Hall–Kier alpha value is -2.35. The van der Waals surface area contributed by atoms with Crippen LogP contribution in [0.3, 0.4) is 0 Å². The third kappa shape index (κ3) is 4.92. The summed E-state index contributed by atoms with van der Waals surface area (Å²) < 4.78 is 11.6. The number of rotatable bonds is 7. The van der Waals surface area contributed by atoms with Gasteiger partial charge < -0.3 is 14.0 Å². The van der Waals surface area contributed by atoms with Gasteiger partial charge in [0.2, 0.25) is 0 Å². The molecule has 0 heterocycles. The molecule has 0 saturated carbocycles. The Kier molecular flexibility index (Phi) is 6.39. The second kappa shape index (κ2) is 8.77. The number of quaternary nitrogens is 1. The van der Waals surface area contributed by atoms with E-state index in [1.165, 1.54) is 21.5 Å². The number of hydrogen-bond donors (Lipinski definition) is 0. The van der Waals surface area contributed by atoms with Crippen LogP contribution in [-0.2, 0) is 6.54 Å². The van der Waals surface area contributed by atoms with Crippen LogP contribution in [0.5, 0.6) is 11.5 Å². The van der Waals surface area contributed by atoms with Crippen LogP contribution >= 0.6 is 7.92 Å². The monoisotopic (exact) mass is 394 g/mol. The fourth-order valence-corrected chi connectivity index (χ4v) is 5.68. The molecule has 0 unspecified atom stereocenters. The Morgan fingerprint density at radius 3 is 1.57 bits per heavy atom. The summed E-state index contributed by atoms with van der Waals surface area (Å²) in [4.78, 5) is 0. The first-order valence-electron chi connectivity index (χ1n) is 9.38. The predicted molar refractivity (Wildman–Crippen MR) is 120 cm³/mol. The summed E-state index contributed by atoms with van der Waals surface area (Å²) in [6, 6.07) is 25.8. The van der Waals surface area contributed by atoms with Crippen molar-refractivity contribution in [2.24, 2.45) is 0 Å². The van der Waals surface area contributed by atoms with Crippen LogP contribution in [0.15, 0.2) is 72.8 Å². The zero-order valence-electron chi connectivity index (χ0n) is 17.3. The first-order chi connectivity index (χ1) is 13.4. The highest BCUT2D eigenvalue weighted by Gasteiger charge is 2.22. The summed E-state index contributed by atoms with van der Waals surface area (Å²) in [6.45, 7) is 0.987. The van der Waals surface area contributed by atoms with Crippen LogP contribution in [-0.4, -0.2) is 39.8 Å². The molecule has 4 heteroatoms. The molecule has 3 nitrogen and oxygen atoms in total. The molecule has 0 atom stereocenters. The van der Waals surface area contributed by atoms with E-state index in [2.05, 4.69) is 93.9 Å². The first-order valence-corrected chi connectivity index (χ1v) is 10.7. The van der Waals surface area contributed by atoms with Gasteiger partial charge in [-0.2, -0.15) is 0 Å². The molecule has 0 aliphatic rings. The molecule has 3 rings (SSSR count). The molecule has 0 saturated heterocycles. The summed E-state index contributed by atoms with van der Waals surface area (Å²) in [5, 5.41) is 4.03. The van der Waals surface area contributed by atoms with Crippen molar-refractivity contribution in [1.82, 2.24) is 0 Å². The van der Waals surface area contributed by atoms with E-state index in [1.807, 2.05) is 0 Å². The van der Waals surface area contributed by atoms with Gasteiger partial charge in [-0.25, -0.2) is 0 Å². The lowest BCUT2D eigenvalue weighted by atomic mass is 10.2. The van der Waals surface area contributed by atoms with Crippen LogP contribution in [0, 0.1) is 0 Å². The van der Waals surface area contributed by atoms with E-state index in [1.54, 1.807) is 14.2 Å². The van der Waals surface area contributed by atoms with Gasteiger partial charge in [-0.05, 0) is 48.1 Å². The van der Waals surface area contributed by atoms with Gasteiger partial charge in [-0.15, -0.1) is 0 Å². The van der Waals surface area contributed by atoms with Crippen molar-refractivity contribution in [3.63, 3.8) is 0 Å². The molecule has 0 aliphatic carbocycles. The van der Waals surface area contributed by atoms with Crippen LogP contribution < -0.4 is 25.4 Å².